The molecular weight excluding hydrogens is 709 g/mol. The molecule has 0 aliphatic heterocycles. The summed E-state index contributed by atoms with van der Waals surface area (Å²) in [5, 5.41) is 0. The molecule has 1 unspecified atom stereocenters. The Morgan fingerprint density at radius 3 is 1.00 bits per heavy atom. The largest absolute Gasteiger partial charge is 0.462 e. The fourth-order valence-corrected chi connectivity index (χ4v) is 7.60. The fraction of sp³-hybridized carbons (Fsp3) is 0.941. The molecule has 0 aromatic rings. The third-order valence-corrected chi connectivity index (χ3v) is 11.8. The molecule has 57 heavy (non-hydrogen) atoms. The predicted octanol–water partition coefficient (Wildman–Crippen LogP) is 16.1. The monoisotopic (exact) mass is 807 g/mol. The average molecular weight is 807 g/mol. The molecule has 0 rings (SSSR count). The molecule has 0 saturated heterocycles. The molecule has 6 heteroatoms. The van der Waals surface area contributed by atoms with Gasteiger partial charge in [0.15, 0.2) is 6.10 Å². The zero-order chi connectivity index (χ0) is 41.9. The van der Waals surface area contributed by atoms with E-state index in [4.69, 9.17) is 14.2 Å². The maximum absolute atomic E-state index is 12.8. The summed E-state index contributed by atoms with van der Waals surface area (Å²) >= 11 is 0. The summed E-state index contributed by atoms with van der Waals surface area (Å²) in [5.74, 6) is 0.768. The third-order valence-electron chi connectivity index (χ3n) is 11.8. The van der Waals surface area contributed by atoms with Crippen LogP contribution in [-0.2, 0) is 28.6 Å². The molecule has 0 amide bonds. The van der Waals surface area contributed by atoms with E-state index in [-0.39, 0.29) is 31.1 Å². The highest BCUT2D eigenvalue weighted by Gasteiger charge is 2.19. The Hall–Kier alpha value is -1.59. The summed E-state index contributed by atoms with van der Waals surface area (Å²) in [4.78, 5) is 37.8. The van der Waals surface area contributed by atoms with Crippen molar-refractivity contribution in [2.75, 3.05) is 13.2 Å². The van der Waals surface area contributed by atoms with Crippen LogP contribution >= 0.6 is 0 Å². The maximum atomic E-state index is 12.8. The highest BCUT2D eigenvalue weighted by molar-refractivity contribution is 5.71. The minimum atomic E-state index is -0.762. The van der Waals surface area contributed by atoms with Crippen LogP contribution in [0.1, 0.15) is 279 Å². The van der Waals surface area contributed by atoms with E-state index in [1.54, 1.807) is 0 Å². The van der Waals surface area contributed by atoms with Crippen molar-refractivity contribution in [1.82, 2.24) is 0 Å². The summed E-state index contributed by atoms with van der Waals surface area (Å²) in [6.07, 6.45) is 43.8. The summed E-state index contributed by atoms with van der Waals surface area (Å²) in [5.41, 5.74) is 0. The van der Waals surface area contributed by atoms with Gasteiger partial charge in [-0.25, -0.2) is 0 Å². The van der Waals surface area contributed by atoms with E-state index in [1.165, 1.54) is 167 Å². The molecule has 0 bridgehead atoms. The molecule has 0 aliphatic carbocycles. The van der Waals surface area contributed by atoms with Crippen molar-refractivity contribution in [2.24, 2.45) is 11.8 Å². The lowest BCUT2D eigenvalue weighted by Crippen LogP contribution is -2.30. The Morgan fingerprint density at radius 1 is 0.368 bits per heavy atom. The minimum Gasteiger partial charge on any atom is -0.462 e. The van der Waals surface area contributed by atoms with Gasteiger partial charge in [-0.05, 0) is 31.1 Å². The molecule has 0 aromatic heterocycles. The van der Waals surface area contributed by atoms with Crippen molar-refractivity contribution in [3.05, 3.63) is 0 Å². The zero-order valence-electron chi connectivity index (χ0n) is 39.0. The van der Waals surface area contributed by atoms with Crippen molar-refractivity contribution in [3.63, 3.8) is 0 Å². The Bertz CT molecular complexity index is 872. The molecule has 0 fully saturated rings. The fourth-order valence-electron chi connectivity index (χ4n) is 7.60. The van der Waals surface area contributed by atoms with Gasteiger partial charge in [0.25, 0.3) is 0 Å². The lowest BCUT2D eigenvalue weighted by molar-refractivity contribution is -0.167. The van der Waals surface area contributed by atoms with Gasteiger partial charge in [0.2, 0.25) is 0 Å². The minimum absolute atomic E-state index is 0.0651. The molecule has 2 atom stereocenters. The number of carbonyl (C=O) groups excluding carboxylic acids is 3. The van der Waals surface area contributed by atoms with Gasteiger partial charge in [0.05, 0.1) is 0 Å². The standard InChI is InChI=1S/C51H98O6/c1-6-8-9-10-11-12-13-14-15-16-17-18-19-22-26-33-38-43-51(54)57-48(45-56-50(53)42-37-32-28-27-30-35-40-47(5)7-2)44-55-49(52)41-36-31-25-23-20-21-24-29-34-39-46(3)4/h46-48H,6-45H2,1-5H3/t47?,48-/m1/s1. The Balaban J connectivity index is 4.29. The van der Waals surface area contributed by atoms with E-state index >= 15 is 0 Å². The normalized spacial score (nSPS) is 12.5. The first-order valence-electron chi connectivity index (χ1n) is 25.3. The van der Waals surface area contributed by atoms with Crippen LogP contribution in [0, 0.1) is 11.8 Å². The first kappa shape index (κ1) is 55.4. The second-order valence-corrected chi connectivity index (χ2v) is 18.2. The number of hydrogen-bond donors (Lipinski definition) is 0. The zero-order valence-corrected chi connectivity index (χ0v) is 39.0. The van der Waals surface area contributed by atoms with Crippen LogP contribution in [0.15, 0.2) is 0 Å². The lowest BCUT2D eigenvalue weighted by Gasteiger charge is -2.18. The van der Waals surface area contributed by atoms with Gasteiger partial charge in [-0.3, -0.25) is 14.4 Å². The van der Waals surface area contributed by atoms with Gasteiger partial charge < -0.3 is 14.2 Å². The summed E-state index contributed by atoms with van der Waals surface area (Å²) in [7, 11) is 0. The van der Waals surface area contributed by atoms with E-state index in [1.807, 2.05) is 0 Å². The van der Waals surface area contributed by atoms with Crippen molar-refractivity contribution < 1.29 is 28.6 Å². The van der Waals surface area contributed by atoms with Gasteiger partial charge in [0.1, 0.15) is 13.2 Å². The summed E-state index contributed by atoms with van der Waals surface area (Å²) in [6, 6.07) is 0. The SMILES string of the molecule is CCCCCCCCCCCCCCCCCCCC(=O)O[C@H](COC(=O)CCCCCCCCCCCC(C)C)COC(=O)CCCCCCCCC(C)CC. The molecule has 0 saturated carbocycles. The van der Waals surface area contributed by atoms with Crippen molar-refractivity contribution in [1.29, 1.82) is 0 Å². The van der Waals surface area contributed by atoms with Crippen LogP contribution in [-0.4, -0.2) is 37.2 Å². The number of hydrogen-bond acceptors (Lipinski definition) is 6. The van der Waals surface area contributed by atoms with Gasteiger partial charge in [-0.1, -0.05) is 240 Å². The van der Waals surface area contributed by atoms with Crippen molar-refractivity contribution >= 4 is 17.9 Å². The highest BCUT2D eigenvalue weighted by Crippen LogP contribution is 2.17. The molecule has 0 heterocycles. The van der Waals surface area contributed by atoms with E-state index < -0.39 is 6.10 Å². The number of unbranched alkanes of at least 4 members (excludes halogenated alkanes) is 29. The summed E-state index contributed by atoms with van der Waals surface area (Å²) < 4.78 is 16.8. The number of rotatable bonds is 45. The smallest absolute Gasteiger partial charge is 0.306 e. The predicted molar refractivity (Wildman–Crippen MR) is 243 cm³/mol. The highest BCUT2D eigenvalue weighted by atomic mass is 16.6. The van der Waals surface area contributed by atoms with Crippen LogP contribution < -0.4 is 0 Å². The van der Waals surface area contributed by atoms with E-state index in [9.17, 15) is 14.4 Å². The molecule has 0 aromatic carbocycles. The van der Waals surface area contributed by atoms with Crippen LogP contribution in [0.3, 0.4) is 0 Å². The van der Waals surface area contributed by atoms with Gasteiger partial charge in [0, 0.05) is 19.3 Å². The Morgan fingerprint density at radius 2 is 0.667 bits per heavy atom. The maximum Gasteiger partial charge on any atom is 0.306 e. The first-order valence-corrected chi connectivity index (χ1v) is 25.3. The third kappa shape index (κ3) is 43.8. The average Bonchev–Trinajstić information content (AvgIpc) is 3.19. The van der Waals surface area contributed by atoms with Gasteiger partial charge in [-0.2, -0.15) is 0 Å². The second kappa shape index (κ2) is 44.0. The summed E-state index contributed by atoms with van der Waals surface area (Å²) in [6.45, 7) is 11.3. The topological polar surface area (TPSA) is 78.9 Å². The molecular formula is C51H98O6. The second-order valence-electron chi connectivity index (χ2n) is 18.2. The molecule has 6 nitrogen and oxygen atoms in total. The van der Waals surface area contributed by atoms with Crippen LogP contribution in [0.5, 0.6) is 0 Å². The Kier molecular flexibility index (Phi) is 42.7. The van der Waals surface area contributed by atoms with E-state index in [0.29, 0.717) is 19.3 Å². The number of esters is 3. The van der Waals surface area contributed by atoms with Crippen LogP contribution in [0.2, 0.25) is 0 Å². The van der Waals surface area contributed by atoms with Gasteiger partial charge in [-0.15, -0.1) is 0 Å². The Labute approximate surface area is 355 Å². The molecule has 338 valence electrons. The van der Waals surface area contributed by atoms with E-state index in [0.717, 1.165) is 69.6 Å². The lowest BCUT2D eigenvalue weighted by atomic mass is 10.00. The molecule has 0 aliphatic rings. The first-order chi connectivity index (χ1) is 27.8. The quantitative estimate of drug-likeness (QED) is 0.0346. The van der Waals surface area contributed by atoms with Crippen molar-refractivity contribution in [2.45, 2.75) is 285 Å². The number of carbonyl (C=O) groups is 3. The number of ether oxygens (including phenoxy) is 3. The molecule has 0 spiro atoms. The molecule has 0 N–H and O–H groups in total. The van der Waals surface area contributed by atoms with E-state index in [2.05, 4.69) is 34.6 Å². The molecule has 0 radical (unpaired) electrons. The van der Waals surface area contributed by atoms with Crippen LogP contribution in [0.25, 0.3) is 0 Å². The van der Waals surface area contributed by atoms with Crippen molar-refractivity contribution in [3.8, 4) is 0 Å². The van der Waals surface area contributed by atoms with Crippen LogP contribution in [0.4, 0.5) is 0 Å². The van der Waals surface area contributed by atoms with Gasteiger partial charge >= 0.3 is 17.9 Å².